The third kappa shape index (κ3) is 5.99. The van der Waals surface area contributed by atoms with Gasteiger partial charge >= 0.3 is 0 Å². The number of carbonyl (C=O) groups is 2. The summed E-state index contributed by atoms with van der Waals surface area (Å²) in [5.74, 6) is -0.103. The van der Waals surface area contributed by atoms with Gasteiger partial charge in [-0.3, -0.25) is 9.59 Å². The molecule has 1 fully saturated rings. The number of hydrogen-bond acceptors (Lipinski definition) is 4. The molecule has 1 aliphatic heterocycles. The van der Waals surface area contributed by atoms with Gasteiger partial charge in [-0.05, 0) is 76.9 Å². The minimum absolute atomic E-state index is 0.0841. The van der Waals surface area contributed by atoms with Crippen LogP contribution in [0.3, 0.4) is 0 Å². The first-order chi connectivity index (χ1) is 21.6. The maximum Gasteiger partial charge on any atom is 0.258 e. The van der Waals surface area contributed by atoms with Crippen molar-refractivity contribution < 1.29 is 9.59 Å². The standard InChI is InChI=1S/C37H39N5O2/c1-2-3-5-14-28-21-30(39-24-29-16-10-15-26-11-8-9-17-31(26)29)22-34-35(28)36(43)32-20-25(23-40-41-38)18-19-33(32)42(34)37(44)27-12-6-4-7-13-27/h4,6-13,15-20,28,30,34-35,39H,2-3,5,14,21-24H2,1H3/t28-,30-,34+,35-/m0/s1. The second kappa shape index (κ2) is 13.5. The Morgan fingerprint density at radius 3 is 2.59 bits per heavy atom. The number of benzene rings is 4. The molecule has 0 saturated heterocycles. The van der Waals surface area contributed by atoms with Crippen molar-refractivity contribution in [3.63, 3.8) is 0 Å². The number of Topliss-reactive ketones (excluding diaryl/α,β-unsaturated/α-hetero) is 1. The molecule has 0 unspecified atom stereocenters. The lowest BCUT2D eigenvalue weighted by Gasteiger charge is -2.49. The van der Waals surface area contributed by atoms with E-state index in [4.69, 9.17) is 5.53 Å². The minimum atomic E-state index is -0.280. The molecular weight excluding hydrogens is 546 g/mol. The fourth-order valence-corrected chi connectivity index (χ4v) is 7.38. The Morgan fingerprint density at radius 1 is 0.977 bits per heavy atom. The molecule has 0 aromatic heterocycles. The third-order valence-electron chi connectivity index (χ3n) is 9.45. The van der Waals surface area contributed by atoms with Crippen LogP contribution in [-0.2, 0) is 13.1 Å². The predicted octanol–water partition coefficient (Wildman–Crippen LogP) is 8.63. The molecule has 44 heavy (non-hydrogen) atoms. The fourth-order valence-electron chi connectivity index (χ4n) is 7.38. The van der Waals surface area contributed by atoms with Gasteiger partial charge in [0, 0.05) is 40.6 Å². The molecule has 1 N–H and O–H groups in total. The average molecular weight is 586 g/mol. The van der Waals surface area contributed by atoms with Gasteiger partial charge < -0.3 is 10.2 Å². The van der Waals surface area contributed by atoms with Crippen molar-refractivity contribution in [2.75, 3.05) is 4.90 Å². The van der Waals surface area contributed by atoms with E-state index in [1.807, 2.05) is 53.4 Å². The van der Waals surface area contributed by atoms with E-state index < -0.39 is 0 Å². The van der Waals surface area contributed by atoms with Crippen LogP contribution in [0.5, 0.6) is 0 Å². The molecule has 1 aliphatic carbocycles. The number of ketones is 1. The van der Waals surface area contributed by atoms with Gasteiger partial charge in [0.05, 0.1) is 12.2 Å². The Hall–Kier alpha value is -4.45. The summed E-state index contributed by atoms with van der Waals surface area (Å²) in [4.78, 5) is 33.5. The van der Waals surface area contributed by atoms with Crippen molar-refractivity contribution >= 4 is 28.2 Å². The van der Waals surface area contributed by atoms with Crippen LogP contribution in [0.4, 0.5) is 5.69 Å². The molecule has 4 aromatic rings. The lowest BCUT2D eigenvalue weighted by atomic mass is 9.66. The van der Waals surface area contributed by atoms with E-state index >= 15 is 0 Å². The molecule has 1 heterocycles. The maximum absolute atomic E-state index is 14.4. The summed E-state index contributed by atoms with van der Waals surface area (Å²) in [6.07, 6.45) is 5.84. The van der Waals surface area contributed by atoms with E-state index in [0.717, 1.165) is 44.2 Å². The van der Waals surface area contributed by atoms with E-state index in [2.05, 4.69) is 64.7 Å². The van der Waals surface area contributed by atoms with E-state index in [-0.39, 0.29) is 42.2 Å². The number of azide groups is 1. The fraction of sp³-hybridized carbons (Fsp3) is 0.351. The van der Waals surface area contributed by atoms with Gasteiger partial charge in [0.25, 0.3) is 5.91 Å². The first-order valence-electron chi connectivity index (χ1n) is 15.9. The summed E-state index contributed by atoms with van der Waals surface area (Å²) >= 11 is 0. The molecule has 224 valence electrons. The van der Waals surface area contributed by atoms with E-state index in [1.54, 1.807) is 0 Å². The Kier molecular flexibility index (Phi) is 9.06. The molecule has 4 atom stereocenters. The first-order valence-corrected chi connectivity index (χ1v) is 15.9. The quantitative estimate of drug-likeness (QED) is 0.0873. The highest BCUT2D eigenvalue weighted by Gasteiger charge is 2.50. The van der Waals surface area contributed by atoms with Crippen molar-refractivity contribution in [1.29, 1.82) is 0 Å². The maximum atomic E-state index is 14.4. The van der Waals surface area contributed by atoms with Crippen molar-refractivity contribution in [1.82, 2.24) is 5.32 Å². The molecule has 2 aliphatic rings. The number of carbonyl (C=O) groups excluding carboxylic acids is 2. The van der Waals surface area contributed by atoms with Crippen molar-refractivity contribution in [3.05, 3.63) is 124 Å². The number of unbranched alkanes of at least 4 members (excludes halogenated alkanes) is 2. The monoisotopic (exact) mass is 585 g/mol. The third-order valence-corrected chi connectivity index (χ3v) is 9.45. The van der Waals surface area contributed by atoms with Crippen LogP contribution < -0.4 is 10.2 Å². The molecule has 4 aromatic carbocycles. The highest BCUT2D eigenvalue weighted by molar-refractivity contribution is 6.15. The average Bonchev–Trinajstić information content (AvgIpc) is 3.06. The summed E-state index contributed by atoms with van der Waals surface area (Å²) in [5, 5.41) is 10.0. The molecule has 0 bridgehead atoms. The van der Waals surface area contributed by atoms with Crippen molar-refractivity contribution in [2.45, 2.75) is 70.6 Å². The van der Waals surface area contributed by atoms with Gasteiger partial charge in [0.2, 0.25) is 0 Å². The van der Waals surface area contributed by atoms with Gasteiger partial charge in [-0.25, -0.2) is 0 Å². The van der Waals surface area contributed by atoms with E-state index in [9.17, 15) is 9.59 Å². The summed E-state index contributed by atoms with van der Waals surface area (Å²) in [6, 6.07) is 29.7. The molecule has 6 rings (SSSR count). The Balaban J connectivity index is 1.37. The number of anilines is 1. The summed E-state index contributed by atoms with van der Waals surface area (Å²) < 4.78 is 0. The Labute approximate surface area is 258 Å². The van der Waals surface area contributed by atoms with Gasteiger partial charge in [-0.15, -0.1) is 0 Å². The molecule has 1 amide bonds. The topological polar surface area (TPSA) is 98.2 Å². The van der Waals surface area contributed by atoms with Gasteiger partial charge in [-0.2, -0.15) is 0 Å². The van der Waals surface area contributed by atoms with Crippen LogP contribution in [0.2, 0.25) is 0 Å². The minimum Gasteiger partial charge on any atom is -0.310 e. The normalized spacial score (nSPS) is 20.9. The second-order valence-electron chi connectivity index (χ2n) is 12.2. The zero-order chi connectivity index (χ0) is 30.5. The van der Waals surface area contributed by atoms with Crippen LogP contribution in [0.25, 0.3) is 21.2 Å². The van der Waals surface area contributed by atoms with Crippen LogP contribution in [0, 0.1) is 11.8 Å². The lowest BCUT2D eigenvalue weighted by molar-refractivity contribution is 0.0693. The number of nitrogens with one attached hydrogen (secondary N) is 1. The number of amides is 1. The lowest BCUT2D eigenvalue weighted by Crippen LogP contribution is -2.59. The Bertz CT molecular complexity index is 1690. The summed E-state index contributed by atoms with van der Waals surface area (Å²) in [6.45, 7) is 3.09. The SMILES string of the molecule is CCCCC[C@H]1C[C@H](NCc2cccc3ccccc23)C[C@@H]2[C@H]1C(=O)c1cc(CN=[N+]=[N-])ccc1N2C(=O)c1ccccc1. The van der Waals surface area contributed by atoms with Gasteiger partial charge in [-0.1, -0.05) is 98.0 Å². The van der Waals surface area contributed by atoms with Crippen LogP contribution >= 0.6 is 0 Å². The van der Waals surface area contributed by atoms with E-state index in [0.29, 0.717) is 23.2 Å². The summed E-state index contributed by atoms with van der Waals surface area (Å²) in [7, 11) is 0. The molecule has 1 saturated carbocycles. The number of hydrogen-bond donors (Lipinski definition) is 1. The van der Waals surface area contributed by atoms with Gasteiger partial charge in [0.1, 0.15) is 0 Å². The van der Waals surface area contributed by atoms with Crippen LogP contribution in [0.1, 0.15) is 77.3 Å². The predicted molar refractivity (Wildman–Crippen MR) is 176 cm³/mol. The first kappa shape index (κ1) is 29.6. The van der Waals surface area contributed by atoms with Gasteiger partial charge in [0.15, 0.2) is 5.78 Å². The van der Waals surface area contributed by atoms with Crippen molar-refractivity contribution in [3.8, 4) is 0 Å². The molecule has 7 nitrogen and oxygen atoms in total. The molecule has 0 spiro atoms. The largest absolute Gasteiger partial charge is 0.310 e. The highest BCUT2D eigenvalue weighted by Crippen LogP contribution is 2.46. The second-order valence-corrected chi connectivity index (χ2v) is 12.2. The highest BCUT2D eigenvalue weighted by atomic mass is 16.2. The zero-order valence-electron chi connectivity index (χ0n) is 25.2. The molecule has 0 radical (unpaired) electrons. The molecule has 7 heteroatoms. The van der Waals surface area contributed by atoms with E-state index in [1.165, 1.54) is 16.3 Å². The molecular formula is C37H39N5O2. The summed E-state index contributed by atoms with van der Waals surface area (Å²) in [5.41, 5.74) is 12.7. The number of rotatable bonds is 10. The van der Waals surface area contributed by atoms with Crippen LogP contribution in [-0.4, -0.2) is 23.8 Å². The Morgan fingerprint density at radius 2 is 1.77 bits per heavy atom. The zero-order valence-corrected chi connectivity index (χ0v) is 25.2. The number of fused-ring (bicyclic) bond motifs is 3. The smallest absolute Gasteiger partial charge is 0.258 e. The number of nitrogens with zero attached hydrogens (tertiary/aromatic N) is 4. The van der Waals surface area contributed by atoms with Crippen LogP contribution in [0.15, 0.2) is 96.1 Å². The van der Waals surface area contributed by atoms with Crippen molar-refractivity contribution in [2.24, 2.45) is 17.0 Å².